The molecule has 0 radical (unpaired) electrons. The summed E-state index contributed by atoms with van der Waals surface area (Å²) in [5.74, 6) is 1.66. The van der Waals surface area contributed by atoms with Crippen molar-refractivity contribution in [2.24, 2.45) is 0 Å². The molecule has 17 heavy (non-hydrogen) atoms. The number of ether oxygens (including phenoxy) is 1. The molecule has 88 valence electrons. The normalized spacial score (nSPS) is 14.9. The van der Waals surface area contributed by atoms with E-state index in [1.54, 1.807) is 11.3 Å². The molecule has 1 saturated carbocycles. The van der Waals surface area contributed by atoms with Crippen LogP contribution in [0.25, 0.3) is 10.6 Å². The second kappa shape index (κ2) is 4.49. The van der Waals surface area contributed by atoms with Crippen molar-refractivity contribution in [2.45, 2.75) is 25.7 Å². The molecule has 0 N–H and O–H groups in total. The first-order chi connectivity index (χ1) is 8.36. The third-order valence-electron chi connectivity index (χ3n) is 2.91. The molecule has 1 aromatic heterocycles. The summed E-state index contributed by atoms with van der Waals surface area (Å²) in [5.41, 5.74) is 2.43. The van der Waals surface area contributed by atoms with E-state index in [9.17, 15) is 0 Å². The lowest BCUT2D eigenvalue weighted by atomic mass is 10.2. The fourth-order valence-electron chi connectivity index (χ4n) is 1.87. The Kier molecular flexibility index (Phi) is 2.85. The Labute approximate surface area is 105 Å². The van der Waals surface area contributed by atoms with Crippen molar-refractivity contribution in [3.63, 3.8) is 0 Å². The quantitative estimate of drug-likeness (QED) is 0.809. The molecule has 2 aromatic rings. The van der Waals surface area contributed by atoms with Gasteiger partial charge in [0.05, 0.1) is 12.3 Å². The van der Waals surface area contributed by atoms with Crippen LogP contribution in [0.2, 0.25) is 0 Å². The van der Waals surface area contributed by atoms with Gasteiger partial charge in [-0.3, -0.25) is 0 Å². The zero-order valence-electron chi connectivity index (χ0n) is 9.85. The predicted molar refractivity (Wildman–Crippen MR) is 70.7 cm³/mol. The van der Waals surface area contributed by atoms with Crippen LogP contribution in [-0.2, 0) is 0 Å². The number of hydrogen-bond acceptors (Lipinski definition) is 3. The fourth-order valence-corrected chi connectivity index (χ4v) is 2.77. The van der Waals surface area contributed by atoms with E-state index in [-0.39, 0.29) is 0 Å². The van der Waals surface area contributed by atoms with E-state index in [0.29, 0.717) is 6.61 Å². The zero-order valence-corrected chi connectivity index (χ0v) is 10.7. The summed E-state index contributed by atoms with van der Waals surface area (Å²) >= 11 is 1.73. The van der Waals surface area contributed by atoms with E-state index in [4.69, 9.17) is 9.72 Å². The zero-order chi connectivity index (χ0) is 11.7. The van der Waals surface area contributed by atoms with Gasteiger partial charge in [-0.15, -0.1) is 11.3 Å². The second-order valence-corrected chi connectivity index (χ2v) is 5.17. The smallest absolute Gasteiger partial charge is 0.123 e. The molecule has 0 bridgehead atoms. The maximum atomic E-state index is 5.51. The highest BCUT2D eigenvalue weighted by atomic mass is 32.1. The fraction of sp³-hybridized carbons (Fsp3) is 0.357. The van der Waals surface area contributed by atoms with Crippen molar-refractivity contribution >= 4 is 11.3 Å². The molecule has 0 atom stereocenters. The Morgan fingerprint density at radius 3 is 3.06 bits per heavy atom. The first-order valence-corrected chi connectivity index (χ1v) is 6.93. The van der Waals surface area contributed by atoms with Crippen LogP contribution in [0, 0.1) is 0 Å². The first kappa shape index (κ1) is 10.8. The van der Waals surface area contributed by atoms with Crippen molar-refractivity contribution in [3.05, 3.63) is 35.3 Å². The lowest BCUT2D eigenvalue weighted by molar-refractivity contribution is 0.340. The lowest BCUT2D eigenvalue weighted by Gasteiger charge is -2.03. The number of hydrogen-bond donors (Lipinski definition) is 0. The van der Waals surface area contributed by atoms with Crippen molar-refractivity contribution in [3.8, 4) is 16.3 Å². The minimum atomic E-state index is 0.703. The second-order valence-electron chi connectivity index (χ2n) is 4.31. The van der Waals surface area contributed by atoms with Crippen molar-refractivity contribution in [1.82, 2.24) is 4.98 Å². The highest BCUT2D eigenvalue weighted by Crippen LogP contribution is 2.41. The van der Waals surface area contributed by atoms with E-state index in [2.05, 4.69) is 17.5 Å². The number of benzene rings is 1. The maximum absolute atomic E-state index is 5.51. The van der Waals surface area contributed by atoms with E-state index >= 15 is 0 Å². The van der Waals surface area contributed by atoms with Gasteiger partial charge in [0, 0.05) is 16.9 Å². The average Bonchev–Trinajstić information content (AvgIpc) is 3.08. The van der Waals surface area contributed by atoms with E-state index in [1.807, 2.05) is 19.1 Å². The van der Waals surface area contributed by atoms with Crippen LogP contribution in [0.15, 0.2) is 29.6 Å². The summed E-state index contributed by atoms with van der Waals surface area (Å²) < 4.78 is 5.51. The molecule has 2 nitrogen and oxygen atoms in total. The highest BCUT2D eigenvalue weighted by molar-refractivity contribution is 7.13. The molecule has 0 aliphatic heterocycles. The molecule has 0 amide bonds. The van der Waals surface area contributed by atoms with Crippen LogP contribution in [-0.4, -0.2) is 11.6 Å². The molecular weight excluding hydrogens is 230 g/mol. The number of rotatable bonds is 4. The van der Waals surface area contributed by atoms with Gasteiger partial charge in [-0.25, -0.2) is 4.98 Å². The largest absolute Gasteiger partial charge is 0.494 e. The lowest BCUT2D eigenvalue weighted by Crippen LogP contribution is -1.91. The highest BCUT2D eigenvalue weighted by Gasteiger charge is 2.26. The Morgan fingerprint density at radius 1 is 1.41 bits per heavy atom. The summed E-state index contributed by atoms with van der Waals surface area (Å²) in [4.78, 5) is 4.71. The van der Waals surface area contributed by atoms with Gasteiger partial charge in [0.2, 0.25) is 0 Å². The van der Waals surface area contributed by atoms with Gasteiger partial charge in [-0.2, -0.15) is 0 Å². The third kappa shape index (κ3) is 2.34. The molecule has 3 rings (SSSR count). The summed E-state index contributed by atoms with van der Waals surface area (Å²) in [7, 11) is 0. The predicted octanol–water partition coefficient (Wildman–Crippen LogP) is 4.09. The van der Waals surface area contributed by atoms with Crippen LogP contribution < -0.4 is 4.74 Å². The number of nitrogens with zero attached hydrogens (tertiary/aromatic N) is 1. The minimum Gasteiger partial charge on any atom is -0.494 e. The molecule has 1 aliphatic carbocycles. The molecule has 3 heteroatoms. The topological polar surface area (TPSA) is 22.1 Å². The number of aromatic nitrogens is 1. The van der Waals surface area contributed by atoms with Crippen LogP contribution in [0.3, 0.4) is 0 Å². The molecule has 0 saturated heterocycles. The van der Waals surface area contributed by atoms with Gasteiger partial charge in [0.15, 0.2) is 0 Å². The maximum Gasteiger partial charge on any atom is 0.123 e. The van der Waals surface area contributed by atoms with E-state index in [0.717, 1.165) is 22.2 Å². The van der Waals surface area contributed by atoms with Crippen molar-refractivity contribution in [2.75, 3.05) is 6.61 Å². The minimum absolute atomic E-state index is 0.703. The van der Waals surface area contributed by atoms with Crippen LogP contribution in [0.1, 0.15) is 31.4 Å². The SMILES string of the molecule is CCOc1cccc(-c2nc(C3CC3)cs2)c1. The van der Waals surface area contributed by atoms with Gasteiger partial charge in [0.1, 0.15) is 10.8 Å². The van der Waals surface area contributed by atoms with Crippen molar-refractivity contribution < 1.29 is 4.74 Å². The summed E-state index contributed by atoms with van der Waals surface area (Å²) in [5, 5.41) is 3.30. The van der Waals surface area contributed by atoms with Gasteiger partial charge < -0.3 is 4.74 Å². The Balaban J connectivity index is 1.88. The molecule has 0 spiro atoms. The standard InChI is InChI=1S/C14H15NOS/c1-2-16-12-5-3-4-11(8-12)14-15-13(9-17-14)10-6-7-10/h3-5,8-10H,2,6-7H2,1H3. The van der Waals surface area contributed by atoms with Gasteiger partial charge in [-0.1, -0.05) is 12.1 Å². The van der Waals surface area contributed by atoms with E-state index in [1.165, 1.54) is 18.5 Å². The summed E-state index contributed by atoms with van der Waals surface area (Å²) in [6.07, 6.45) is 2.62. The molecule has 1 fully saturated rings. The van der Waals surface area contributed by atoms with Gasteiger partial charge in [-0.05, 0) is 31.9 Å². The number of thiazole rings is 1. The third-order valence-corrected chi connectivity index (χ3v) is 3.82. The first-order valence-electron chi connectivity index (χ1n) is 6.05. The summed E-state index contributed by atoms with van der Waals surface area (Å²) in [6, 6.07) is 8.18. The van der Waals surface area contributed by atoms with Crippen molar-refractivity contribution in [1.29, 1.82) is 0 Å². The summed E-state index contributed by atoms with van der Waals surface area (Å²) in [6.45, 7) is 2.70. The van der Waals surface area contributed by atoms with Crippen LogP contribution in [0.4, 0.5) is 0 Å². The average molecular weight is 245 g/mol. The Hall–Kier alpha value is -1.35. The molecular formula is C14H15NOS. The molecule has 1 aromatic carbocycles. The Morgan fingerprint density at radius 2 is 2.29 bits per heavy atom. The van der Waals surface area contributed by atoms with Gasteiger partial charge >= 0.3 is 0 Å². The molecule has 1 aliphatic rings. The molecule has 1 heterocycles. The van der Waals surface area contributed by atoms with Crippen LogP contribution >= 0.6 is 11.3 Å². The van der Waals surface area contributed by atoms with Gasteiger partial charge in [0.25, 0.3) is 0 Å². The van der Waals surface area contributed by atoms with Crippen LogP contribution in [0.5, 0.6) is 5.75 Å². The molecule has 0 unspecified atom stereocenters. The van der Waals surface area contributed by atoms with E-state index < -0.39 is 0 Å². The monoisotopic (exact) mass is 245 g/mol. The Bertz CT molecular complexity index is 516.